The summed E-state index contributed by atoms with van der Waals surface area (Å²) in [5, 5.41) is 13.8. The monoisotopic (exact) mass is 360 g/mol. The average Bonchev–Trinajstić information content (AvgIpc) is 3.05. The maximum absolute atomic E-state index is 12.3. The number of hydrogen-bond donors (Lipinski definition) is 2. The fourth-order valence-electron chi connectivity index (χ4n) is 3.20. The molecule has 0 unspecified atom stereocenters. The van der Waals surface area contributed by atoms with Crippen molar-refractivity contribution in [1.82, 2.24) is 14.3 Å². The van der Waals surface area contributed by atoms with Gasteiger partial charge in [-0.05, 0) is 44.1 Å². The lowest BCUT2D eigenvalue weighted by molar-refractivity contribution is 0.0626. The fourth-order valence-corrected chi connectivity index (χ4v) is 3.77. The van der Waals surface area contributed by atoms with Crippen LogP contribution >= 0.6 is 11.5 Å². The Morgan fingerprint density at radius 1 is 1.36 bits per heavy atom. The van der Waals surface area contributed by atoms with Gasteiger partial charge in [-0.25, -0.2) is 9.78 Å². The van der Waals surface area contributed by atoms with E-state index in [9.17, 15) is 9.90 Å². The summed E-state index contributed by atoms with van der Waals surface area (Å²) >= 11 is 1.19. The molecular formula is C18H24N4O2S. The zero-order chi connectivity index (χ0) is 17.6. The first-order chi connectivity index (χ1) is 12.1. The minimum Gasteiger partial charge on any atom is -0.393 e. The second kappa shape index (κ2) is 8.40. The van der Waals surface area contributed by atoms with Crippen LogP contribution in [0.5, 0.6) is 0 Å². The Kier molecular flexibility index (Phi) is 5.99. The van der Waals surface area contributed by atoms with E-state index < -0.39 is 0 Å². The number of hydrogen-bond acceptors (Lipinski definition) is 5. The van der Waals surface area contributed by atoms with Crippen molar-refractivity contribution < 1.29 is 9.90 Å². The van der Waals surface area contributed by atoms with E-state index >= 15 is 0 Å². The Labute approximate surface area is 152 Å². The average molecular weight is 360 g/mol. The van der Waals surface area contributed by atoms with Crippen LogP contribution in [0, 0.1) is 12.8 Å². The number of nitrogens with one attached hydrogen (secondary N) is 1. The van der Waals surface area contributed by atoms with Crippen molar-refractivity contribution in [3.8, 4) is 0 Å². The molecule has 0 radical (unpaired) electrons. The van der Waals surface area contributed by atoms with Gasteiger partial charge in [0.25, 0.3) is 0 Å². The Hall–Kier alpha value is -1.99. The molecule has 1 atom stereocenters. The number of carbonyl (C=O) groups excluding carboxylic acids is 1. The van der Waals surface area contributed by atoms with E-state index in [1.165, 1.54) is 17.1 Å². The number of benzene rings is 1. The molecule has 7 heteroatoms. The molecule has 2 heterocycles. The number of rotatable bonds is 5. The third kappa shape index (κ3) is 4.99. The first kappa shape index (κ1) is 17.8. The van der Waals surface area contributed by atoms with Gasteiger partial charge in [0, 0.05) is 24.6 Å². The summed E-state index contributed by atoms with van der Waals surface area (Å²) in [4.78, 5) is 18.2. The lowest BCUT2D eigenvalue weighted by Gasteiger charge is -2.34. The molecule has 1 aliphatic rings. The molecule has 0 bridgehead atoms. The van der Waals surface area contributed by atoms with E-state index in [2.05, 4.69) is 26.8 Å². The van der Waals surface area contributed by atoms with Crippen molar-refractivity contribution in [3.63, 3.8) is 0 Å². The van der Waals surface area contributed by atoms with E-state index in [0.29, 0.717) is 24.0 Å². The molecule has 1 aromatic carbocycles. The van der Waals surface area contributed by atoms with Crippen LogP contribution in [-0.2, 0) is 6.42 Å². The number of likely N-dealkylation sites (tertiary alicyclic amines) is 1. The number of aliphatic hydroxyl groups excluding tert-OH is 1. The number of anilines is 1. The van der Waals surface area contributed by atoms with Crippen molar-refractivity contribution in [2.45, 2.75) is 38.7 Å². The van der Waals surface area contributed by atoms with Gasteiger partial charge in [0.1, 0.15) is 5.82 Å². The summed E-state index contributed by atoms with van der Waals surface area (Å²) in [6.07, 6.45) is 3.01. The summed E-state index contributed by atoms with van der Waals surface area (Å²) in [6.45, 7) is 3.13. The highest BCUT2D eigenvalue weighted by atomic mass is 32.1. The third-order valence-corrected chi connectivity index (χ3v) is 5.41. The van der Waals surface area contributed by atoms with Crippen molar-refractivity contribution >= 4 is 22.7 Å². The molecule has 134 valence electrons. The van der Waals surface area contributed by atoms with Crippen LogP contribution < -0.4 is 5.32 Å². The van der Waals surface area contributed by atoms with Gasteiger partial charge in [-0.1, -0.05) is 30.3 Å². The topological polar surface area (TPSA) is 78.4 Å². The first-order valence-corrected chi connectivity index (χ1v) is 9.47. The summed E-state index contributed by atoms with van der Waals surface area (Å²) in [5.74, 6) is 0.928. The number of urea groups is 1. The van der Waals surface area contributed by atoms with Crippen molar-refractivity contribution in [2.75, 3.05) is 18.4 Å². The van der Waals surface area contributed by atoms with E-state index in [1.807, 2.05) is 18.2 Å². The number of aryl methyl sites for hydroxylation is 2. The molecule has 0 spiro atoms. The van der Waals surface area contributed by atoms with E-state index in [4.69, 9.17) is 0 Å². The van der Waals surface area contributed by atoms with Gasteiger partial charge >= 0.3 is 6.03 Å². The Morgan fingerprint density at radius 3 is 2.72 bits per heavy atom. The smallest absolute Gasteiger partial charge is 0.323 e. The highest BCUT2D eigenvalue weighted by molar-refractivity contribution is 7.09. The maximum Gasteiger partial charge on any atom is 0.323 e. The molecule has 1 fully saturated rings. The van der Waals surface area contributed by atoms with Crippen LogP contribution in [-0.4, -0.2) is 44.6 Å². The summed E-state index contributed by atoms with van der Waals surface area (Å²) in [6, 6.07) is 10.1. The Bertz CT molecular complexity index is 683. The van der Waals surface area contributed by atoms with Gasteiger partial charge in [0.2, 0.25) is 5.13 Å². The van der Waals surface area contributed by atoms with Crippen molar-refractivity contribution in [1.29, 1.82) is 0 Å². The zero-order valence-electron chi connectivity index (χ0n) is 14.4. The van der Waals surface area contributed by atoms with Crippen LogP contribution in [0.25, 0.3) is 0 Å². The molecule has 2 amide bonds. The normalized spacial score (nSPS) is 16.6. The summed E-state index contributed by atoms with van der Waals surface area (Å²) in [7, 11) is 0. The molecule has 1 aliphatic heterocycles. The molecule has 3 rings (SSSR count). The highest BCUT2D eigenvalue weighted by Gasteiger charge is 2.27. The quantitative estimate of drug-likeness (QED) is 0.859. The lowest BCUT2D eigenvalue weighted by Crippen LogP contribution is -2.43. The largest absolute Gasteiger partial charge is 0.393 e. The van der Waals surface area contributed by atoms with E-state index in [0.717, 1.165) is 25.7 Å². The maximum atomic E-state index is 12.3. The number of nitrogens with zero attached hydrogens (tertiary/aromatic N) is 3. The van der Waals surface area contributed by atoms with Gasteiger partial charge in [0.15, 0.2) is 0 Å². The Morgan fingerprint density at radius 2 is 2.08 bits per heavy atom. The second-order valence-corrected chi connectivity index (χ2v) is 7.24. The molecule has 2 aromatic rings. The predicted molar refractivity (Wildman–Crippen MR) is 98.7 cm³/mol. The predicted octanol–water partition coefficient (Wildman–Crippen LogP) is 3.08. The molecular weight excluding hydrogens is 336 g/mol. The zero-order valence-corrected chi connectivity index (χ0v) is 15.2. The van der Waals surface area contributed by atoms with Crippen LogP contribution in [0.3, 0.4) is 0 Å². The fraction of sp³-hybridized carbons (Fsp3) is 0.500. The number of piperidine rings is 1. The van der Waals surface area contributed by atoms with Gasteiger partial charge in [-0.2, -0.15) is 4.37 Å². The number of aliphatic hydroxyl groups is 1. The van der Waals surface area contributed by atoms with Crippen LogP contribution in [0.1, 0.15) is 30.7 Å². The van der Waals surface area contributed by atoms with Crippen LogP contribution in [0.4, 0.5) is 9.93 Å². The van der Waals surface area contributed by atoms with Gasteiger partial charge in [0.05, 0.1) is 6.10 Å². The lowest BCUT2D eigenvalue weighted by atomic mass is 9.88. The number of carbonyl (C=O) groups is 1. The van der Waals surface area contributed by atoms with Crippen LogP contribution in [0.15, 0.2) is 30.3 Å². The molecule has 25 heavy (non-hydrogen) atoms. The van der Waals surface area contributed by atoms with Crippen molar-refractivity contribution in [3.05, 3.63) is 41.7 Å². The molecule has 1 saturated heterocycles. The molecule has 0 saturated carbocycles. The SMILES string of the molecule is Cc1nsc(NC(=O)N2CCC([C@H](O)CCc3ccccc3)CC2)n1. The van der Waals surface area contributed by atoms with Gasteiger partial charge in [-0.15, -0.1) is 0 Å². The third-order valence-electron chi connectivity index (χ3n) is 4.68. The summed E-state index contributed by atoms with van der Waals surface area (Å²) < 4.78 is 4.06. The minimum absolute atomic E-state index is 0.131. The highest BCUT2D eigenvalue weighted by Crippen LogP contribution is 2.24. The molecule has 0 aliphatic carbocycles. The molecule has 1 aromatic heterocycles. The van der Waals surface area contributed by atoms with Gasteiger partial charge in [-0.3, -0.25) is 5.32 Å². The van der Waals surface area contributed by atoms with E-state index in [1.54, 1.807) is 11.8 Å². The Balaban J connectivity index is 1.42. The van der Waals surface area contributed by atoms with Gasteiger partial charge < -0.3 is 10.0 Å². The minimum atomic E-state index is -0.309. The number of aromatic nitrogens is 2. The van der Waals surface area contributed by atoms with Crippen molar-refractivity contribution in [2.24, 2.45) is 5.92 Å². The number of amides is 2. The standard InChI is InChI=1S/C18H24N4O2S/c1-13-19-17(25-21-13)20-18(24)22-11-9-15(10-12-22)16(23)8-7-14-5-3-2-4-6-14/h2-6,15-16,23H,7-12H2,1H3,(H,19,20,21,24)/t16-/m1/s1. The summed E-state index contributed by atoms with van der Waals surface area (Å²) in [5.41, 5.74) is 1.26. The molecule has 6 nitrogen and oxygen atoms in total. The molecule has 2 N–H and O–H groups in total. The second-order valence-electron chi connectivity index (χ2n) is 6.49. The van der Waals surface area contributed by atoms with Crippen LogP contribution in [0.2, 0.25) is 0 Å². The van der Waals surface area contributed by atoms with E-state index in [-0.39, 0.29) is 18.1 Å². The first-order valence-electron chi connectivity index (χ1n) is 8.70.